The van der Waals surface area contributed by atoms with Gasteiger partial charge in [0, 0.05) is 11.8 Å². The Hall–Kier alpha value is -0.220. The average molecular weight is 242 g/mol. The molecule has 2 heterocycles. The van der Waals surface area contributed by atoms with Gasteiger partial charge in [-0.05, 0) is 25.3 Å². The van der Waals surface area contributed by atoms with Gasteiger partial charge in [-0.1, -0.05) is 20.8 Å². The normalized spacial score (nSPS) is 35.4. The van der Waals surface area contributed by atoms with Crippen LogP contribution in [0.2, 0.25) is 0 Å². The molecule has 3 unspecified atom stereocenters. The van der Waals surface area contributed by atoms with E-state index in [9.17, 15) is 4.79 Å². The minimum Gasteiger partial charge on any atom is -0.325 e. The van der Waals surface area contributed by atoms with E-state index in [1.165, 1.54) is 0 Å². The predicted octanol–water partition coefficient (Wildman–Crippen LogP) is 1.68. The van der Waals surface area contributed by atoms with E-state index in [0.717, 1.165) is 18.6 Å². The Morgan fingerprint density at radius 2 is 2.06 bits per heavy atom. The highest BCUT2D eigenvalue weighted by atomic mass is 32.2. The molecular weight excluding hydrogens is 220 g/mol. The van der Waals surface area contributed by atoms with Crippen molar-refractivity contribution in [2.45, 2.75) is 51.1 Å². The van der Waals surface area contributed by atoms with Gasteiger partial charge in [-0.25, -0.2) is 0 Å². The average Bonchev–Trinajstić information content (AvgIpc) is 2.62. The largest absolute Gasteiger partial charge is 0.325 e. The molecule has 4 heteroatoms. The van der Waals surface area contributed by atoms with Crippen LogP contribution in [0.25, 0.3) is 0 Å². The second-order valence-corrected chi connectivity index (χ2v) is 7.04. The quantitative estimate of drug-likeness (QED) is 0.759. The van der Waals surface area contributed by atoms with Crippen molar-refractivity contribution in [3.8, 4) is 0 Å². The molecule has 2 saturated heterocycles. The fourth-order valence-corrected chi connectivity index (χ4v) is 4.41. The Labute approximate surface area is 102 Å². The maximum absolute atomic E-state index is 12.3. The molecule has 2 rings (SSSR count). The van der Waals surface area contributed by atoms with Gasteiger partial charge in [-0.3, -0.25) is 4.79 Å². The van der Waals surface area contributed by atoms with Gasteiger partial charge in [0.15, 0.2) is 0 Å². The van der Waals surface area contributed by atoms with Gasteiger partial charge in [0.25, 0.3) is 0 Å². The van der Waals surface area contributed by atoms with E-state index < -0.39 is 0 Å². The van der Waals surface area contributed by atoms with Gasteiger partial charge in [0.05, 0.1) is 11.4 Å². The molecule has 0 aromatic heterocycles. The van der Waals surface area contributed by atoms with Crippen molar-refractivity contribution in [2.24, 2.45) is 5.41 Å². The molecule has 2 fully saturated rings. The molecule has 2 aliphatic rings. The molecule has 3 atom stereocenters. The zero-order valence-electron chi connectivity index (χ0n) is 10.6. The first-order chi connectivity index (χ1) is 7.45. The Kier molecular flexibility index (Phi) is 3.23. The lowest BCUT2D eigenvalue weighted by Crippen LogP contribution is -2.57. The molecule has 0 aromatic rings. The highest BCUT2D eigenvalue weighted by molar-refractivity contribution is 8.00. The van der Waals surface area contributed by atoms with Crippen molar-refractivity contribution in [2.75, 3.05) is 12.8 Å². The van der Waals surface area contributed by atoms with Gasteiger partial charge < -0.3 is 10.2 Å². The lowest BCUT2D eigenvalue weighted by molar-refractivity contribution is -0.140. The summed E-state index contributed by atoms with van der Waals surface area (Å²) in [5.41, 5.74) is 0.188. The summed E-state index contributed by atoms with van der Waals surface area (Å²) in [6, 6.07) is 0.436. The fourth-order valence-electron chi connectivity index (χ4n) is 2.63. The van der Waals surface area contributed by atoms with Gasteiger partial charge >= 0.3 is 0 Å². The lowest BCUT2D eigenvalue weighted by atomic mass is 9.85. The van der Waals surface area contributed by atoms with Gasteiger partial charge in [0.1, 0.15) is 0 Å². The second-order valence-electron chi connectivity index (χ2n) is 5.83. The van der Waals surface area contributed by atoms with Gasteiger partial charge in [-0.2, -0.15) is 0 Å². The van der Waals surface area contributed by atoms with Crippen molar-refractivity contribution in [1.82, 2.24) is 10.2 Å². The Morgan fingerprint density at radius 3 is 2.62 bits per heavy atom. The van der Waals surface area contributed by atoms with Crippen LogP contribution in [0.15, 0.2) is 0 Å². The van der Waals surface area contributed by atoms with E-state index in [1.807, 2.05) is 18.8 Å². The number of carbonyl (C=O) groups is 1. The fraction of sp³-hybridized carbons (Fsp3) is 0.917. The monoisotopic (exact) mass is 242 g/mol. The Bertz CT molecular complexity index is 287. The zero-order valence-corrected chi connectivity index (χ0v) is 11.4. The summed E-state index contributed by atoms with van der Waals surface area (Å²) in [6.07, 6.45) is 2.12. The summed E-state index contributed by atoms with van der Waals surface area (Å²) in [5, 5.41) is 3.57. The highest BCUT2D eigenvalue weighted by Crippen LogP contribution is 2.42. The number of hydrogen-bond donors (Lipinski definition) is 1. The highest BCUT2D eigenvalue weighted by Gasteiger charge is 2.47. The van der Waals surface area contributed by atoms with E-state index in [-0.39, 0.29) is 11.5 Å². The van der Waals surface area contributed by atoms with Crippen LogP contribution in [-0.2, 0) is 4.79 Å². The lowest BCUT2D eigenvalue weighted by Gasteiger charge is -2.41. The molecule has 0 aromatic carbocycles. The summed E-state index contributed by atoms with van der Waals surface area (Å²) in [7, 11) is 1.89. The summed E-state index contributed by atoms with van der Waals surface area (Å²) >= 11 is 1.95. The molecule has 1 amide bonds. The zero-order chi connectivity index (χ0) is 11.9. The van der Waals surface area contributed by atoms with Crippen molar-refractivity contribution in [1.29, 1.82) is 0 Å². The van der Waals surface area contributed by atoms with Crippen molar-refractivity contribution in [3.63, 3.8) is 0 Å². The van der Waals surface area contributed by atoms with Crippen molar-refractivity contribution in [3.05, 3.63) is 0 Å². The third-order valence-electron chi connectivity index (χ3n) is 3.70. The van der Waals surface area contributed by atoms with Crippen LogP contribution in [0.3, 0.4) is 0 Å². The van der Waals surface area contributed by atoms with Gasteiger partial charge in [0.2, 0.25) is 5.91 Å². The Balaban J connectivity index is 2.19. The van der Waals surface area contributed by atoms with Crippen LogP contribution in [0, 0.1) is 5.41 Å². The van der Waals surface area contributed by atoms with E-state index >= 15 is 0 Å². The molecule has 0 bridgehead atoms. The van der Waals surface area contributed by atoms with Crippen LogP contribution in [0.4, 0.5) is 0 Å². The minimum absolute atomic E-state index is 0.0415. The maximum Gasteiger partial charge on any atom is 0.240 e. The number of nitrogens with zero attached hydrogens (tertiary/aromatic N) is 1. The molecule has 0 aliphatic carbocycles. The molecule has 3 nitrogen and oxygen atoms in total. The summed E-state index contributed by atoms with van der Waals surface area (Å²) in [4.78, 5) is 14.5. The Morgan fingerprint density at radius 1 is 1.38 bits per heavy atom. The molecule has 16 heavy (non-hydrogen) atoms. The van der Waals surface area contributed by atoms with Crippen LogP contribution < -0.4 is 5.32 Å². The third kappa shape index (κ3) is 1.97. The van der Waals surface area contributed by atoms with Crippen molar-refractivity contribution >= 4 is 17.7 Å². The third-order valence-corrected chi connectivity index (χ3v) is 5.05. The van der Waals surface area contributed by atoms with E-state index in [4.69, 9.17) is 0 Å². The summed E-state index contributed by atoms with van der Waals surface area (Å²) < 4.78 is 0. The van der Waals surface area contributed by atoms with Crippen LogP contribution in [0.1, 0.15) is 33.6 Å². The molecule has 0 saturated carbocycles. The minimum atomic E-state index is 0.0415. The predicted molar refractivity (Wildman–Crippen MR) is 68.4 cm³/mol. The second kappa shape index (κ2) is 4.22. The number of nitrogens with one attached hydrogen (secondary N) is 1. The number of amides is 1. The standard InChI is InChI=1S/C12H22N2OS/c1-12(2,3)9-7-16-10-6-5-8(13-4)11(15)14(9)10/h8-10,13H,5-7H2,1-4H3. The smallest absolute Gasteiger partial charge is 0.240 e. The number of likely N-dealkylation sites (N-methyl/N-ethyl adjacent to an activating group) is 1. The number of piperidine rings is 1. The first-order valence-electron chi connectivity index (χ1n) is 6.06. The van der Waals surface area contributed by atoms with Crippen LogP contribution in [-0.4, -0.2) is 41.1 Å². The van der Waals surface area contributed by atoms with Crippen LogP contribution in [0.5, 0.6) is 0 Å². The van der Waals surface area contributed by atoms with Crippen LogP contribution >= 0.6 is 11.8 Å². The van der Waals surface area contributed by atoms with Gasteiger partial charge in [-0.15, -0.1) is 11.8 Å². The number of carbonyl (C=O) groups excluding carboxylic acids is 1. The molecule has 0 radical (unpaired) electrons. The van der Waals surface area contributed by atoms with E-state index in [0.29, 0.717) is 17.3 Å². The molecule has 1 N–H and O–H groups in total. The number of thioether (sulfide) groups is 1. The summed E-state index contributed by atoms with van der Waals surface area (Å²) in [6.45, 7) is 6.70. The number of hydrogen-bond acceptors (Lipinski definition) is 3. The first-order valence-corrected chi connectivity index (χ1v) is 7.11. The summed E-state index contributed by atoms with van der Waals surface area (Å²) in [5.74, 6) is 1.40. The van der Waals surface area contributed by atoms with E-state index in [2.05, 4.69) is 31.0 Å². The molecule has 92 valence electrons. The molecule has 2 aliphatic heterocycles. The SMILES string of the molecule is CNC1CCC2SCC(C(C)(C)C)N2C1=O. The topological polar surface area (TPSA) is 32.3 Å². The maximum atomic E-state index is 12.3. The van der Waals surface area contributed by atoms with Crippen molar-refractivity contribution < 1.29 is 4.79 Å². The van der Waals surface area contributed by atoms with E-state index in [1.54, 1.807) is 0 Å². The first kappa shape index (κ1) is 12.2. The number of fused-ring (bicyclic) bond motifs is 1. The molecule has 0 spiro atoms. The number of rotatable bonds is 1. The molecular formula is C12H22N2OS.